The third-order valence-corrected chi connectivity index (χ3v) is 4.11. The first-order valence-electron chi connectivity index (χ1n) is 14.0. The van der Waals surface area contributed by atoms with Crippen LogP contribution in [0.1, 0.15) is 109 Å². The van der Waals surface area contributed by atoms with Gasteiger partial charge in [0.2, 0.25) is 0 Å². The predicted molar refractivity (Wildman–Crippen MR) is 152 cm³/mol. The number of ether oxygens (including phenoxy) is 5. The van der Waals surface area contributed by atoms with Gasteiger partial charge in [0.05, 0.1) is 43.2 Å². The summed E-state index contributed by atoms with van der Waals surface area (Å²) >= 11 is 0. The van der Waals surface area contributed by atoms with E-state index in [2.05, 4.69) is 27.7 Å². The molecule has 0 saturated carbocycles. The van der Waals surface area contributed by atoms with Gasteiger partial charge in [0.1, 0.15) is 0 Å². The molecule has 1 N–H and O–H groups in total. The number of hydrogen-bond acceptors (Lipinski definition) is 6. The Morgan fingerprint density at radius 3 is 1.32 bits per heavy atom. The summed E-state index contributed by atoms with van der Waals surface area (Å²) in [6.45, 7) is 26.9. The summed E-state index contributed by atoms with van der Waals surface area (Å²) in [6, 6.07) is 0. The van der Waals surface area contributed by atoms with E-state index in [4.69, 9.17) is 23.7 Å². The van der Waals surface area contributed by atoms with Gasteiger partial charge in [-0.15, -0.1) is 0 Å². The number of methoxy groups -OCH3 is 1. The van der Waals surface area contributed by atoms with Gasteiger partial charge in [-0.25, -0.2) is 0 Å². The third-order valence-electron chi connectivity index (χ3n) is 4.11. The van der Waals surface area contributed by atoms with E-state index >= 15 is 0 Å². The highest BCUT2D eigenvalue weighted by Gasteiger charge is 2.25. The van der Waals surface area contributed by atoms with Gasteiger partial charge >= 0.3 is 6.18 Å². The minimum absolute atomic E-state index is 0.0169. The molecule has 0 unspecified atom stereocenters. The van der Waals surface area contributed by atoms with Gasteiger partial charge in [-0.05, 0) is 94.4 Å². The van der Waals surface area contributed by atoms with Crippen LogP contribution in [-0.4, -0.2) is 81.4 Å². The van der Waals surface area contributed by atoms with Crippen molar-refractivity contribution in [3.05, 3.63) is 0 Å². The van der Waals surface area contributed by atoms with Crippen LogP contribution in [0, 0.1) is 5.92 Å². The molecule has 0 heterocycles. The number of aliphatic hydroxyl groups is 1. The van der Waals surface area contributed by atoms with Gasteiger partial charge in [-0.2, -0.15) is 13.2 Å². The Balaban J connectivity index is -0.000000204. The van der Waals surface area contributed by atoms with Crippen LogP contribution in [0.2, 0.25) is 0 Å². The Bertz CT molecular complexity index is 441. The summed E-state index contributed by atoms with van der Waals surface area (Å²) in [5, 5.41) is 9.25. The summed E-state index contributed by atoms with van der Waals surface area (Å²) in [6.07, 6.45) is -1.86. The zero-order valence-corrected chi connectivity index (χ0v) is 26.9. The second-order valence-corrected chi connectivity index (χ2v) is 11.1. The van der Waals surface area contributed by atoms with Crippen LogP contribution in [0.5, 0.6) is 0 Å². The number of hydrogen-bond donors (Lipinski definition) is 1. The van der Waals surface area contributed by atoms with Crippen LogP contribution >= 0.6 is 0 Å². The Morgan fingerprint density at radius 1 is 0.579 bits per heavy atom. The number of alkyl halides is 3. The van der Waals surface area contributed by atoms with Gasteiger partial charge in [0.15, 0.2) is 0 Å². The molecule has 0 saturated heterocycles. The fraction of sp³-hybridized carbons (Fsp3) is 1.00. The van der Waals surface area contributed by atoms with Crippen molar-refractivity contribution in [3.63, 3.8) is 0 Å². The average Bonchev–Trinajstić information content (AvgIpc) is 2.70. The van der Waals surface area contributed by atoms with Crippen LogP contribution in [-0.2, 0) is 23.7 Å². The van der Waals surface area contributed by atoms with E-state index < -0.39 is 18.2 Å². The Morgan fingerprint density at radius 2 is 0.974 bits per heavy atom. The summed E-state index contributed by atoms with van der Waals surface area (Å²) in [4.78, 5) is 0. The van der Waals surface area contributed by atoms with Crippen molar-refractivity contribution in [3.8, 4) is 0 Å². The molecule has 0 spiro atoms. The molecular weight excluding hydrogens is 501 g/mol. The lowest BCUT2D eigenvalue weighted by Gasteiger charge is -2.17. The highest BCUT2D eigenvalue weighted by molar-refractivity contribution is 4.63. The van der Waals surface area contributed by atoms with E-state index in [1.807, 2.05) is 27.7 Å². The highest BCUT2D eigenvalue weighted by Crippen LogP contribution is 2.21. The lowest BCUT2D eigenvalue weighted by molar-refractivity contribution is -0.138. The van der Waals surface area contributed by atoms with E-state index in [9.17, 15) is 18.3 Å². The van der Waals surface area contributed by atoms with Crippen molar-refractivity contribution in [1.82, 2.24) is 0 Å². The zero-order valence-electron chi connectivity index (χ0n) is 26.9. The lowest BCUT2D eigenvalue weighted by atomic mass is 10.1. The van der Waals surface area contributed by atoms with Crippen molar-refractivity contribution in [2.45, 2.75) is 145 Å². The van der Waals surface area contributed by atoms with Crippen molar-refractivity contribution in [2.24, 2.45) is 5.92 Å². The largest absolute Gasteiger partial charge is 0.390 e. The smallest absolute Gasteiger partial charge is 0.389 e. The molecule has 236 valence electrons. The SMILES string of the molecule is CC(C)CCOC(C)C.CC(C)OCCC(C)(C)O.CC(C)OCCCC(F)(F)F.COCCOC(C)C. The maximum absolute atomic E-state index is 11.5. The van der Waals surface area contributed by atoms with Crippen LogP contribution in [0.15, 0.2) is 0 Å². The quantitative estimate of drug-likeness (QED) is 0.193. The zero-order chi connectivity index (χ0) is 30.8. The molecule has 0 atom stereocenters. The summed E-state index contributed by atoms with van der Waals surface area (Å²) in [5.41, 5.74) is -0.588. The van der Waals surface area contributed by atoms with Crippen molar-refractivity contribution in [2.75, 3.05) is 40.1 Å². The van der Waals surface area contributed by atoms with Gasteiger partial charge in [0, 0.05) is 33.4 Å². The van der Waals surface area contributed by atoms with E-state index in [-0.39, 0.29) is 25.2 Å². The molecule has 0 radical (unpaired) electrons. The van der Waals surface area contributed by atoms with Crippen LogP contribution in [0.4, 0.5) is 13.2 Å². The molecular formula is C29H63F3O6. The van der Waals surface area contributed by atoms with Crippen LogP contribution in [0.25, 0.3) is 0 Å². The molecule has 0 amide bonds. The maximum Gasteiger partial charge on any atom is 0.389 e. The van der Waals surface area contributed by atoms with E-state index in [0.717, 1.165) is 12.5 Å². The molecule has 0 fully saturated rings. The van der Waals surface area contributed by atoms with E-state index in [1.165, 1.54) is 6.42 Å². The van der Waals surface area contributed by atoms with Crippen LogP contribution < -0.4 is 0 Å². The highest BCUT2D eigenvalue weighted by atomic mass is 19.4. The maximum atomic E-state index is 11.5. The molecule has 0 rings (SSSR count). The lowest BCUT2D eigenvalue weighted by Crippen LogP contribution is -2.21. The molecule has 9 heteroatoms. The van der Waals surface area contributed by atoms with Crippen molar-refractivity contribution in [1.29, 1.82) is 0 Å². The summed E-state index contributed by atoms with van der Waals surface area (Å²) < 4.78 is 60.0. The standard InChI is InChI=1S/C8H18O2.C8H18O.C7H13F3O.C6H14O2/c1-7(2)10-6-5-8(3,4)9;1-7(2)5-6-9-8(3)4;1-6(2)11-5-3-4-7(8,9)10;1-6(2)8-5-4-7-3/h7,9H,5-6H2,1-4H3;7-8H,5-6H2,1-4H3;6H,3-5H2,1-2H3;6H,4-5H2,1-3H3. The normalized spacial score (nSPS) is 11.8. The minimum Gasteiger partial charge on any atom is -0.390 e. The molecule has 0 bridgehead atoms. The molecule has 0 aliphatic rings. The Hall–Kier alpha value is -0.450. The summed E-state index contributed by atoms with van der Waals surface area (Å²) in [7, 11) is 1.67. The van der Waals surface area contributed by atoms with Crippen molar-refractivity contribution >= 4 is 0 Å². The molecule has 0 aromatic rings. The first kappa shape index (κ1) is 44.6. The second kappa shape index (κ2) is 28.1. The molecule has 0 aromatic heterocycles. The molecule has 38 heavy (non-hydrogen) atoms. The monoisotopic (exact) mass is 564 g/mol. The second-order valence-electron chi connectivity index (χ2n) is 11.1. The van der Waals surface area contributed by atoms with Crippen LogP contribution in [0.3, 0.4) is 0 Å². The molecule has 0 aliphatic carbocycles. The van der Waals surface area contributed by atoms with Gasteiger partial charge in [-0.3, -0.25) is 0 Å². The first-order valence-corrected chi connectivity index (χ1v) is 14.0. The Labute approximate surface area is 233 Å². The fourth-order valence-corrected chi connectivity index (χ4v) is 2.04. The molecule has 6 nitrogen and oxygen atoms in total. The van der Waals surface area contributed by atoms with E-state index in [1.54, 1.807) is 34.8 Å². The molecule has 0 aromatic carbocycles. The number of rotatable bonds is 16. The van der Waals surface area contributed by atoms with Gasteiger partial charge in [0.25, 0.3) is 0 Å². The van der Waals surface area contributed by atoms with E-state index in [0.29, 0.717) is 38.4 Å². The Kier molecular flexibility index (Phi) is 32.9. The van der Waals surface area contributed by atoms with Crippen molar-refractivity contribution < 1.29 is 42.0 Å². The minimum atomic E-state index is -4.04. The predicted octanol–water partition coefficient (Wildman–Crippen LogP) is 7.84. The fourth-order valence-electron chi connectivity index (χ4n) is 2.04. The first-order chi connectivity index (χ1) is 17.2. The number of halogens is 3. The third kappa shape index (κ3) is 65.0. The topological polar surface area (TPSA) is 66.4 Å². The van der Waals surface area contributed by atoms with Gasteiger partial charge in [-0.1, -0.05) is 13.8 Å². The average molecular weight is 565 g/mol. The van der Waals surface area contributed by atoms with Gasteiger partial charge < -0.3 is 28.8 Å². The molecule has 0 aliphatic heterocycles. The summed E-state index contributed by atoms with van der Waals surface area (Å²) in [5.74, 6) is 0.767.